The van der Waals surface area contributed by atoms with E-state index in [1.165, 1.54) is 11.4 Å². The predicted molar refractivity (Wildman–Crippen MR) is 112 cm³/mol. The van der Waals surface area contributed by atoms with Crippen LogP contribution < -0.4 is 0 Å². The van der Waals surface area contributed by atoms with Crippen molar-refractivity contribution in [3.8, 4) is 0 Å². The Morgan fingerprint density at radius 2 is 1.42 bits per heavy atom. The Bertz CT molecular complexity index is 495. The molecule has 0 fully saturated rings. The maximum absolute atomic E-state index is 7.50. The first-order chi connectivity index (χ1) is 12.1. The third-order valence-electron chi connectivity index (χ3n) is 4.08. The second-order valence-corrected chi connectivity index (χ2v) is 11.9. The molecular weight excluding hydrogens is 452 g/mol. The quantitative estimate of drug-likeness (QED) is 0.217. The molecule has 0 saturated carbocycles. The van der Waals surface area contributed by atoms with Crippen molar-refractivity contribution < 1.29 is 22.0 Å². The molecule has 1 aromatic heterocycles. The van der Waals surface area contributed by atoms with E-state index in [1.807, 2.05) is 0 Å². The van der Waals surface area contributed by atoms with Crippen LogP contribution in [0, 0.1) is 6.65 Å². The molecule has 0 amide bonds. The van der Waals surface area contributed by atoms with Gasteiger partial charge in [-0.05, 0) is 35.5 Å². The van der Waals surface area contributed by atoms with Gasteiger partial charge >= 0.3 is 38.3 Å². The fourth-order valence-electron chi connectivity index (χ4n) is 3.02. The summed E-state index contributed by atoms with van der Waals surface area (Å²) in [6, 6.07) is 6.55. The number of rotatable bonds is 6. The first-order valence-corrected chi connectivity index (χ1v) is 12.8. The number of hydrogen-bond donors (Lipinski definition) is 0. The van der Waals surface area contributed by atoms with E-state index in [0.29, 0.717) is 10.3 Å². The van der Waals surface area contributed by atoms with Crippen molar-refractivity contribution in [3.05, 3.63) is 36.2 Å². The summed E-state index contributed by atoms with van der Waals surface area (Å²) in [5.74, 6) is 0. The number of nitrogens with zero attached hydrogens (tertiary/aromatic N) is 2. The van der Waals surface area contributed by atoms with Gasteiger partial charge in [-0.3, -0.25) is 9.88 Å². The zero-order valence-electron chi connectivity index (χ0n) is 17.6. The predicted octanol–water partition coefficient (Wildman–Crippen LogP) is 5.88. The monoisotopic (exact) mass is 488 g/mol. The van der Waals surface area contributed by atoms with Gasteiger partial charge < -0.3 is 0 Å². The molecule has 0 unspecified atom stereocenters. The van der Waals surface area contributed by atoms with E-state index in [9.17, 15) is 0 Å². The Morgan fingerprint density at radius 1 is 1.00 bits per heavy atom. The fourth-order valence-corrected chi connectivity index (χ4v) is 6.49. The van der Waals surface area contributed by atoms with Gasteiger partial charge in [-0.2, -0.15) is 0 Å². The van der Waals surface area contributed by atoms with E-state index >= 15 is 0 Å². The Balaban J connectivity index is 0. The number of hydrogen-bond acceptors (Lipinski definition) is 2. The van der Waals surface area contributed by atoms with Crippen LogP contribution in [-0.4, -0.2) is 33.3 Å². The van der Waals surface area contributed by atoms with Crippen molar-refractivity contribution in [1.29, 1.82) is 0 Å². The topological polar surface area (TPSA) is 36.0 Å². The van der Waals surface area contributed by atoms with E-state index in [0.717, 1.165) is 25.8 Å². The van der Waals surface area contributed by atoms with E-state index in [4.69, 9.17) is 9.64 Å². The SMILES string of the molecule is CCN(CC)Cc1cccc(CP(C(C)(C)C)C(C)(C)C)n1.[C-]#[O+].[Cl][RuH]. The van der Waals surface area contributed by atoms with Crippen molar-refractivity contribution >= 4 is 17.6 Å². The molecule has 0 bridgehead atoms. The summed E-state index contributed by atoms with van der Waals surface area (Å²) < 4.78 is 7.50. The van der Waals surface area contributed by atoms with Crippen molar-refractivity contribution in [2.45, 2.75) is 78.4 Å². The molecule has 0 aromatic carbocycles. The van der Waals surface area contributed by atoms with Gasteiger partial charge in [-0.1, -0.05) is 69.4 Å². The standard InChI is InChI=1S/C19H35N2P.CO.ClH.Ru.H/c1-9-21(10-2)14-16-12-11-13-17(20-16)15-22(18(3,4)5)19(6,7)8;1-2;;;/h11-13H,9-10,14-15H2,1-8H3;;1H;;/q;;;+1;/p-1. The van der Waals surface area contributed by atoms with Gasteiger partial charge in [-0.25, -0.2) is 0 Å². The van der Waals surface area contributed by atoms with Gasteiger partial charge in [0.05, 0.1) is 5.69 Å². The van der Waals surface area contributed by atoms with E-state index < -0.39 is 0 Å². The molecule has 3 nitrogen and oxygen atoms in total. The molecule has 0 radical (unpaired) electrons. The van der Waals surface area contributed by atoms with Crippen molar-refractivity contribution in [2.75, 3.05) is 13.1 Å². The molecule has 0 aliphatic rings. The second-order valence-electron chi connectivity index (χ2n) is 8.01. The summed E-state index contributed by atoms with van der Waals surface area (Å²) in [6.45, 7) is 26.3. The molecule has 1 heterocycles. The average molecular weight is 488 g/mol. The van der Waals surface area contributed by atoms with Crippen LogP contribution in [0.5, 0.6) is 0 Å². The van der Waals surface area contributed by atoms with Crippen molar-refractivity contribution in [1.82, 2.24) is 9.88 Å². The Hall–Kier alpha value is 0.193. The van der Waals surface area contributed by atoms with Crippen molar-refractivity contribution in [3.63, 3.8) is 0 Å². The molecule has 26 heavy (non-hydrogen) atoms. The van der Waals surface area contributed by atoms with Crippen LogP contribution >= 0.6 is 17.6 Å². The third-order valence-corrected chi connectivity index (χ3v) is 7.96. The number of pyridine rings is 1. The summed E-state index contributed by atoms with van der Waals surface area (Å²) in [6.07, 6.45) is 1.12. The number of halogens is 1. The van der Waals surface area contributed by atoms with E-state index in [2.05, 4.69) is 94.8 Å². The Labute approximate surface area is 176 Å². The van der Waals surface area contributed by atoms with E-state index in [1.54, 1.807) is 17.3 Å². The molecule has 0 aliphatic heterocycles. The zero-order chi connectivity index (χ0) is 21.0. The van der Waals surface area contributed by atoms with Crippen LogP contribution in [0.1, 0.15) is 66.8 Å². The summed E-state index contributed by atoms with van der Waals surface area (Å²) >= 11 is 1.62. The summed E-state index contributed by atoms with van der Waals surface area (Å²) in [5, 5.41) is 0.703. The van der Waals surface area contributed by atoms with Gasteiger partial charge in [0, 0.05) is 18.4 Å². The van der Waals surface area contributed by atoms with Crippen LogP contribution in [0.25, 0.3) is 0 Å². The molecule has 0 atom stereocenters. The zero-order valence-corrected chi connectivity index (χ0v) is 21.1. The van der Waals surface area contributed by atoms with Gasteiger partial charge in [0.25, 0.3) is 0 Å². The summed E-state index contributed by atoms with van der Waals surface area (Å²) in [7, 11) is 4.47. The summed E-state index contributed by atoms with van der Waals surface area (Å²) in [4.78, 5) is 7.37. The molecule has 0 aliphatic carbocycles. The molecule has 6 heteroatoms. The van der Waals surface area contributed by atoms with Gasteiger partial charge in [0.15, 0.2) is 0 Å². The average Bonchev–Trinajstić information content (AvgIpc) is 2.59. The van der Waals surface area contributed by atoms with E-state index in [-0.39, 0.29) is 7.92 Å². The fraction of sp³-hybridized carbons (Fsp3) is 0.700. The molecule has 1 aromatic rings. The minimum atomic E-state index is -0.135. The van der Waals surface area contributed by atoms with Crippen LogP contribution in [-0.2, 0) is 34.7 Å². The minimum absolute atomic E-state index is 0.135. The second kappa shape index (κ2) is 14.2. The maximum atomic E-state index is 7.50. The van der Waals surface area contributed by atoms with Crippen molar-refractivity contribution in [2.24, 2.45) is 0 Å². The van der Waals surface area contributed by atoms with Gasteiger partial charge in [0.2, 0.25) is 0 Å². The molecular formula is C20H36ClN2OPRu. The molecule has 0 saturated heterocycles. The Kier molecular flexibility index (Phi) is 15.5. The Morgan fingerprint density at radius 3 is 1.81 bits per heavy atom. The normalized spacial score (nSPS) is 11.5. The first kappa shape index (κ1) is 28.4. The molecule has 0 N–H and O–H groups in total. The third kappa shape index (κ3) is 11.1. The van der Waals surface area contributed by atoms with Crippen LogP contribution in [0.3, 0.4) is 0 Å². The van der Waals surface area contributed by atoms with Gasteiger partial charge in [-0.15, -0.1) is 0 Å². The van der Waals surface area contributed by atoms with Crippen LogP contribution in [0.4, 0.5) is 0 Å². The molecule has 1 rings (SSSR count). The molecule has 0 spiro atoms. The van der Waals surface area contributed by atoms with Gasteiger partial charge in [0.1, 0.15) is 0 Å². The van der Waals surface area contributed by atoms with Crippen LogP contribution in [0.15, 0.2) is 18.2 Å². The van der Waals surface area contributed by atoms with Crippen LogP contribution in [0.2, 0.25) is 0 Å². The first-order valence-electron chi connectivity index (χ1n) is 8.87. The molecule has 152 valence electrons. The summed E-state index contributed by atoms with van der Waals surface area (Å²) in [5.41, 5.74) is 2.47. The number of aromatic nitrogens is 1.